The van der Waals surface area contributed by atoms with Crippen LogP contribution in [0.15, 0.2) is 53.6 Å². The Balaban J connectivity index is 1.37. The SMILES string of the molecule is CC(C)(Oc1ccc(CCCC2=NN(c3ccc(OC(F)(F)F)cc3)C(=O)C23CCCC3)cc1)C(=O)NCC(F)(F)F. The number of nitrogens with zero attached hydrogens (tertiary/aromatic N) is 2. The van der Waals surface area contributed by atoms with Gasteiger partial charge in [-0.1, -0.05) is 25.0 Å². The van der Waals surface area contributed by atoms with Crippen LogP contribution >= 0.6 is 0 Å². The van der Waals surface area contributed by atoms with Crippen molar-refractivity contribution in [1.29, 1.82) is 0 Å². The molecule has 2 aromatic rings. The smallest absolute Gasteiger partial charge is 0.478 e. The highest BCUT2D eigenvalue weighted by molar-refractivity contribution is 6.19. The van der Waals surface area contributed by atoms with Gasteiger partial charge >= 0.3 is 12.5 Å². The van der Waals surface area contributed by atoms with Gasteiger partial charge in [-0.25, -0.2) is 0 Å². The summed E-state index contributed by atoms with van der Waals surface area (Å²) < 4.78 is 84.3. The average molecular weight is 600 g/mol. The Kier molecular flexibility index (Phi) is 8.79. The van der Waals surface area contributed by atoms with Gasteiger partial charge in [0.15, 0.2) is 5.60 Å². The van der Waals surface area contributed by atoms with Crippen molar-refractivity contribution in [2.75, 3.05) is 11.6 Å². The molecule has 4 rings (SSSR count). The molecule has 0 unspecified atom stereocenters. The van der Waals surface area contributed by atoms with Gasteiger partial charge in [-0.2, -0.15) is 23.3 Å². The van der Waals surface area contributed by atoms with Gasteiger partial charge < -0.3 is 14.8 Å². The molecule has 228 valence electrons. The maximum absolute atomic E-state index is 13.5. The van der Waals surface area contributed by atoms with E-state index in [0.29, 0.717) is 43.5 Å². The molecule has 2 amide bonds. The molecule has 0 radical (unpaired) electrons. The lowest BCUT2D eigenvalue weighted by atomic mass is 9.78. The molecule has 0 aromatic heterocycles. The minimum Gasteiger partial charge on any atom is -0.478 e. The first-order chi connectivity index (χ1) is 19.6. The van der Waals surface area contributed by atoms with E-state index < -0.39 is 36.0 Å². The van der Waals surface area contributed by atoms with Crippen LogP contribution in [0.25, 0.3) is 0 Å². The van der Waals surface area contributed by atoms with Gasteiger partial charge in [0, 0.05) is 0 Å². The number of carbonyl (C=O) groups is 2. The Hall–Kier alpha value is -3.77. The quantitative estimate of drug-likeness (QED) is 0.308. The van der Waals surface area contributed by atoms with Crippen LogP contribution in [0, 0.1) is 5.41 Å². The van der Waals surface area contributed by atoms with E-state index in [-0.39, 0.29) is 11.7 Å². The van der Waals surface area contributed by atoms with Crippen molar-refractivity contribution < 1.29 is 45.4 Å². The second-order valence-electron chi connectivity index (χ2n) is 10.9. The summed E-state index contributed by atoms with van der Waals surface area (Å²) in [6, 6.07) is 11.9. The molecule has 1 saturated carbocycles. The number of alkyl halides is 6. The lowest BCUT2D eigenvalue weighted by Gasteiger charge is -2.25. The first kappa shape index (κ1) is 31.2. The summed E-state index contributed by atoms with van der Waals surface area (Å²) in [5.74, 6) is -1.13. The maximum atomic E-state index is 13.5. The number of carbonyl (C=O) groups excluding carboxylic acids is 2. The fourth-order valence-corrected chi connectivity index (χ4v) is 5.24. The van der Waals surface area contributed by atoms with Crippen molar-refractivity contribution in [2.45, 2.75) is 76.9 Å². The Morgan fingerprint density at radius 2 is 1.48 bits per heavy atom. The van der Waals surface area contributed by atoms with Crippen LogP contribution in [0.4, 0.5) is 32.0 Å². The molecular formula is C29H31F6N3O4. The average Bonchev–Trinajstić information content (AvgIpc) is 3.49. The molecule has 1 aliphatic heterocycles. The maximum Gasteiger partial charge on any atom is 0.573 e. The number of anilines is 1. The minimum absolute atomic E-state index is 0.178. The zero-order valence-electron chi connectivity index (χ0n) is 23.1. The highest BCUT2D eigenvalue weighted by Crippen LogP contribution is 2.47. The summed E-state index contributed by atoms with van der Waals surface area (Å²) in [6.45, 7) is 1.31. The fourth-order valence-electron chi connectivity index (χ4n) is 5.24. The van der Waals surface area contributed by atoms with E-state index >= 15 is 0 Å². The van der Waals surface area contributed by atoms with E-state index in [9.17, 15) is 35.9 Å². The van der Waals surface area contributed by atoms with E-state index in [4.69, 9.17) is 4.74 Å². The Labute approximate surface area is 238 Å². The first-order valence-corrected chi connectivity index (χ1v) is 13.5. The number of rotatable bonds is 10. The van der Waals surface area contributed by atoms with Crippen LogP contribution in [0.3, 0.4) is 0 Å². The van der Waals surface area contributed by atoms with Gasteiger partial charge in [-0.3, -0.25) is 9.59 Å². The first-order valence-electron chi connectivity index (χ1n) is 13.5. The molecule has 1 heterocycles. The minimum atomic E-state index is -4.82. The number of hydrazone groups is 1. The van der Waals surface area contributed by atoms with Crippen molar-refractivity contribution >= 4 is 23.2 Å². The van der Waals surface area contributed by atoms with E-state index in [2.05, 4.69) is 9.84 Å². The molecule has 1 aliphatic carbocycles. The molecule has 0 bridgehead atoms. The third-order valence-electron chi connectivity index (χ3n) is 7.32. The normalized spacial score (nSPS) is 17.0. The molecular weight excluding hydrogens is 568 g/mol. The van der Waals surface area contributed by atoms with Gasteiger partial charge in [0.1, 0.15) is 18.0 Å². The van der Waals surface area contributed by atoms with Crippen LogP contribution in [0.5, 0.6) is 11.5 Å². The van der Waals surface area contributed by atoms with Crippen molar-refractivity contribution in [3.63, 3.8) is 0 Å². The molecule has 42 heavy (non-hydrogen) atoms. The number of nitrogens with one attached hydrogen (secondary N) is 1. The lowest BCUT2D eigenvalue weighted by molar-refractivity contribution is -0.274. The van der Waals surface area contributed by atoms with Crippen molar-refractivity contribution in [3.05, 3.63) is 54.1 Å². The van der Waals surface area contributed by atoms with Crippen molar-refractivity contribution in [2.24, 2.45) is 10.5 Å². The summed E-state index contributed by atoms with van der Waals surface area (Å²) in [5.41, 5.74) is -0.165. The van der Waals surface area contributed by atoms with Crippen LogP contribution in [0.1, 0.15) is 57.9 Å². The van der Waals surface area contributed by atoms with Crippen molar-refractivity contribution in [3.8, 4) is 11.5 Å². The molecule has 0 saturated heterocycles. The Morgan fingerprint density at radius 1 is 0.905 bits per heavy atom. The number of hydrogen-bond donors (Lipinski definition) is 1. The standard InChI is InChI=1S/C29H31F6N3O4/c1-26(2,24(39)36-18-28(30,31)32)41-21-12-8-19(9-13-21)6-5-7-23-27(16-3-4-17-27)25(40)38(37-23)20-10-14-22(15-11-20)42-29(33,34)35/h8-15H,3-7,16-18H2,1-2H3,(H,36,39). The summed E-state index contributed by atoms with van der Waals surface area (Å²) in [6.07, 6.45) is -4.41. The predicted octanol–water partition coefficient (Wildman–Crippen LogP) is 6.71. The molecule has 1 N–H and O–H groups in total. The largest absolute Gasteiger partial charge is 0.573 e. The molecule has 13 heteroatoms. The lowest BCUT2D eigenvalue weighted by Crippen LogP contribution is -2.49. The fraction of sp³-hybridized carbons (Fsp3) is 0.483. The molecule has 2 aromatic carbocycles. The van der Waals surface area contributed by atoms with Gasteiger partial charge in [0.05, 0.1) is 16.8 Å². The number of hydrogen-bond acceptors (Lipinski definition) is 5. The highest BCUT2D eigenvalue weighted by Gasteiger charge is 2.52. The van der Waals surface area contributed by atoms with Crippen LogP contribution < -0.4 is 19.8 Å². The van der Waals surface area contributed by atoms with E-state index in [0.717, 1.165) is 36.2 Å². The highest BCUT2D eigenvalue weighted by atomic mass is 19.4. The predicted molar refractivity (Wildman–Crippen MR) is 142 cm³/mol. The van der Waals surface area contributed by atoms with Gasteiger partial charge in [0.25, 0.3) is 11.8 Å². The monoisotopic (exact) mass is 599 g/mol. The Bertz CT molecular complexity index is 1300. The van der Waals surface area contributed by atoms with Crippen molar-refractivity contribution in [1.82, 2.24) is 5.32 Å². The summed E-state index contributed by atoms with van der Waals surface area (Å²) in [7, 11) is 0. The van der Waals surface area contributed by atoms with E-state index in [1.807, 2.05) is 5.32 Å². The number of benzene rings is 2. The van der Waals surface area contributed by atoms with Crippen LogP contribution in [-0.4, -0.2) is 42.2 Å². The van der Waals surface area contributed by atoms with Gasteiger partial charge in [-0.05, 0) is 87.9 Å². The zero-order chi connectivity index (χ0) is 30.8. The summed E-state index contributed by atoms with van der Waals surface area (Å²) in [4.78, 5) is 25.6. The van der Waals surface area contributed by atoms with Gasteiger partial charge in [-0.15, -0.1) is 13.2 Å². The number of amides is 2. The number of aryl methyl sites for hydroxylation is 1. The van der Waals surface area contributed by atoms with Gasteiger partial charge in [0.2, 0.25) is 0 Å². The number of halogens is 6. The molecule has 7 nitrogen and oxygen atoms in total. The zero-order valence-corrected chi connectivity index (χ0v) is 23.1. The molecule has 1 fully saturated rings. The summed E-state index contributed by atoms with van der Waals surface area (Å²) >= 11 is 0. The van der Waals surface area contributed by atoms with E-state index in [1.165, 1.54) is 31.0 Å². The van der Waals surface area contributed by atoms with Crippen LogP contribution in [0.2, 0.25) is 0 Å². The number of ether oxygens (including phenoxy) is 2. The second-order valence-corrected chi connectivity index (χ2v) is 10.9. The summed E-state index contributed by atoms with van der Waals surface area (Å²) in [5, 5.41) is 7.72. The molecule has 2 aliphatic rings. The topological polar surface area (TPSA) is 80.2 Å². The second kappa shape index (κ2) is 11.8. The van der Waals surface area contributed by atoms with Crippen LogP contribution in [-0.2, 0) is 16.0 Å². The van der Waals surface area contributed by atoms with E-state index in [1.54, 1.807) is 24.3 Å². The third-order valence-corrected chi connectivity index (χ3v) is 7.32. The Morgan fingerprint density at radius 3 is 2.05 bits per heavy atom. The molecule has 0 atom stereocenters. The molecule has 1 spiro atoms. The third kappa shape index (κ3) is 7.54.